The van der Waals surface area contributed by atoms with Gasteiger partial charge in [-0.25, -0.2) is 4.79 Å². The zero-order chi connectivity index (χ0) is 20.3. The van der Waals surface area contributed by atoms with Crippen LogP contribution >= 0.6 is 0 Å². The van der Waals surface area contributed by atoms with Crippen LogP contribution in [0.4, 0.5) is 0 Å². The van der Waals surface area contributed by atoms with Gasteiger partial charge in [0.15, 0.2) is 0 Å². The van der Waals surface area contributed by atoms with Crippen LogP contribution in [-0.2, 0) is 11.2 Å². The number of phenolic OH excluding ortho intramolecular Hbond substituents is 1. The fraction of sp³-hybridized carbons (Fsp3) is 0.429. The molecule has 0 fully saturated rings. The normalized spacial score (nSPS) is 19.4. The summed E-state index contributed by atoms with van der Waals surface area (Å²) in [5.41, 5.74) is 2.17. The van der Waals surface area contributed by atoms with Crippen LogP contribution in [0.5, 0.6) is 11.5 Å². The Morgan fingerprint density at radius 2 is 1.93 bits per heavy atom. The van der Waals surface area contributed by atoms with Gasteiger partial charge in [0.1, 0.15) is 17.1 Å². The van der Waals surface area contributed by atoms with Gasteiger partial charge in [0.25, 0.3) is 0 Å². The van der Waals surface area contributed by atoms with Crippen LogP contribution in [-0.4, -0.2) is 32.4 Å². The maximum atomic E-state index is 11.8. The molecule has 1 aromatic rings. The largest absolute Gasteiger partial charge is 0.507 e. The number of carboxylic acid groups (broad SMARTS) is 2. The van der Waals surface area contributed by atoms with Gasteiger partial charge in [0.2, 0.25) is 0 Å². The van der Waals surface area contributed by atoms with Gasteiger partial charge >= 0.3 is 11.9 Å². The van der Waals surface area contributed by atoms with Crippen molar-refractivity contribution >= 4 is 11.9 Å². The number of phenols is 2. The van der Waals surface area contributed by atoms with E-state index in [2.05, 4.69) is 6.58 Å². The van der Waals surface area contributed by atoms with Crippen molar-refractivity contribution in [1.29, 1.82) is 0 Å². The molecule has 146 valence electrons. The molecule has 0 heterocycles. The summed E-state index contributed by atoms with van der Waals surface area (Å²) in [4.78, 5) is 22.5. The molecule has 0 radical (unpaired) electrons. The lowest BCUT2D eigenvalue weighted by molar-refractivity contribution is -0.137. The van der Waals surface area contributed by atoms with Gasteiger partial charge in [-0.3, -0.25) is 4.79 Å². The molecule has 0 aromatic heterocycles. The predicted molar refractivity (Wildman–Crippen MR) is 101 cm³/mol. The van der Waals surface area contributed by atoms with E-state index in [4.69, 9.17) is 5.11 Å². The van der Waals surface area contributed by atoms with Crippen LogP contribution in [0.3, 0.4) is 0 Å². The highest BCUT2D eigenvalue weighted by molar-refractivity contribution is 5.94. The summed E-state index contributed by atoms with van der Waals surface area (Å²) >= 11 is 0. The van der Waals surface area contributed by atoms with Crippen LogP contribution in [0.25, 0.3) is 0 Å². The van der Waals surface area contributed by atoms with E-state index in [9.17, 15) is 24.9 Å². The lowest BCUT2D eigenvalue weighted by atomic mass is 9.73. The number of aromatic carboxylic acids is 1. The highest BCUT2D eigenvalue weighted by Crippen LogP contribution is 2.48. The Bertz CT molecular complexity index is 805. The van der Waals surface area contributed by atoms with Crippen LogP contribution in [0, 0.1) is 5.92 Å². The number of aryl methyl sites for hydroxylation is 1. The van der Waals surface area contributed by atoms with Crippen molar-refractivity contribution in [2.24, 2.45) is 5.92 Å². The van der Waals surface area contributed by atoms with Crippen molar-refractivity contribution in [3.8, 4) is 11.5 Å². The van der Waals surface area contributed by atoms with E-state index >= 15 is 0 Å². The lowest BCUT2D eigenvalue weighted by Gasteiger charge is -2.32. The third-order valence-electron chi connectivity index (χ3n) is 5.16. The molecule has 2 atom stereocenters. The molecule has 0 unspecified atom stereocenters. The molecule has 0 saturated carbocycles. The summed E-state index contributed by atoms with van der Waals surface area (Å²) in [7, 11) is 0. The molecule has 2 rings (SSSR count). The monoisotopic (exact) mass is 374 g/mol. The number of aromatic hydroxyl groups is 2. The first kappa shape index (κ1) is 20.6. The second-order valence-electron chi connectivity index (χ2n) is 7.27. The number of allylic oxidation sites excluding steroid dienone is 3. The zero-order valence-electron chi connectivity index (χ0n) is 15.7. The van der Waals surface area contributed by atoms with E-state index in [1.54, 1.807) is 0 Å². The third-order valence-corrected chi connectivity index (χ3v) is 5.16. The molecular formula is C21H26O6. The van der Waals surface area contributed by atoms with Crippen molar-refractivity contribution in [2.75, 3.05) is 0 Å². The number of carbonyl (C=O) groups is 2. The van der Waals surface area contributed by atoms with E-state index in [1.165, 1.54) is 6.07 Å². The first-order chi connectivity index (χ1) is 12.6. The molecule has 0 saturated heterocycles. The summed E-state index contributed by atoms with van der Waals surface area (Å²) < 4.78 is 0. The predicted octanol–water partition coefficient (Wildman–Crippen LogP) is 4.22. The molecule has 6 nitrogen and oxygen atoms in total. The standard InChI is InChI=1S/C21H26O6/c1-11(2)14-8-7-12(3)9-15(14)19-16(22)10-13(5-4-6-17(23)24)18(20(19)25)21(26)27/h9-10,14-15,22,25H,1,4-8H2,2-3H3,(H,23,24)(H,26,27)/t14-,15+/m0/s1. The van der Waals surface area contributed by atoms with Crippen molar-refractivity contribution in [3.05, 3.63) is 46.6 Å². The Labute approximate surface area is 158 Å². The van der Waals surface area contributed by atoms with Gasteiger partial charge in [-0.2, -0.15) is 0 Å². The second-order valence-corrected chi connectivity index (χ2v) is 7.27. The summed E-state index contributed by atoms with van der Waals surface area (Å²) in [6.45, 7) is 7.86. The topological polar surface area (TPSA) is 115 Å². The maximum absolute atomic E-state index is 11.8. The van der Waals surface area contributed by atoms with Crippen molar-refractivity contribution < 1.29 is 30.0 Å². The number of benzene rings is 1. The molecule has 1 aliphatic carbocycles. The van der Waals surface area contributed by atoms with E-state index in [1.807, 2.05) is 19.9 Å². The molecule has 1 aliphatic rings. The minimum Gasteiger partial charge on any atom is -0.507 e. The van der Waals surface area contributed by atoms with Crippen LogP contribution in [0.15, 0.2) is 29.9 Å². The van der Waals surface area contributed by atoms with Crippen LogP contribution < -0.4 is 0 Å². The van der Waals surface area contributed by atoms with Crippen LogP contribution in [0.2, 0.25) is 0 Å². The summed E-state index contributed by atoms with van der Waals surface area (Å²) in [5.74, 6) is -3.28. The van der Waals surface area contributed by atoms with Gasteiger partial charge in [-0.15, -0.1) is 0 Å². The fourth-order valence-electron chi connectivity index (χ4n) is 3.82. The minimum absolute atomic E-state index is 0.00925. The SMILES string of the molecule is C=C(C)[C@@H]1CCC(C)=C[C@H]1c1c(O)cc(CCCC(=O)O)c(C(=O)O)c1O. The number of hydrogen-bond donors (Lipinski definition) is 4. The fourth-order valence-corrected chi connectivity index (χ4v) is 3.82. The molecule has 0 aliphatic heterocycles. The molecule has 0 bridgehead atoms. The van der Waals surface area contributed by atoms with Crippen molar-refractivity contribution in [2.45, 2.75) is 51.9 Å². The van der Waals surface area contributed by atoms with E-state index in [0.717, 1.165) is 24.0 Å². The van der Waals surface area contributed by atoms with E-state index < -0.39 is 17.7 Å². The van der Waals surface area contributed by atoms with E-state index in [0.29, 0.717) is 0 Å². The first-order valence-electron chi connectivity index (χ1n) is 8.99. The average Bonchev–Trinajstić information content (AvgIpc) is 2.53. The Kier molecular flexibility index (Phi) is 6.31. The summed E-state index contributed by atoms with van der Waals surface area (Å²) in [6.07, 6.45) is 3.88. The smallest absolute Gasteiger partial charge is 0.339 e. The first-order valence-corrected chi connectivity index (χ1v) is 8.99. The van der Waals surface area contributed by atoms with Gasteiger partial charge < -0.3 is 20.4 Å². The highest BCUT2D eigenvalue weighted by Gasteiger charge is 2.33. The lowest BCUT2D eigenvalue weighted by Crippen LogP contribution is -2.18. The zero-order valence-corrected chi connectivity index (χ0v) is 15.7. The number of carboxylic acids is 2. The molecule has 1 aromatic carbocycles. The summed E-state index contributed by atoms with van der Waals surface area (Å²) in [6, 6.07) is 1.34. The van der Waals surface area contributed by atoms with Gasteiger partial charge in [-0.05, 0) is 57.1 Å². The van der Waals surface area contributed by atoms with E-state index in [-0.39, 0.29) is 53.5 Å². The summed E-state index contributed by atoms with van der Waals surface area (Å²) in [5, 5.41) is 39.7. The van der Waals surface area contributed by atoms with Crippen LogP contribution in [0.1, 0.15) is 66.9 Å². The molecule has 0 amide bonds. The third kappa shape index (κ3) is 4.51. The number of rotatable bonds is 7. The quantitative estimate of drug-likeness (QED) is 0.531. The van der Waals surface area contributed by atoms with Crippen molar-refractivity contribution in [3.63, 3.8) is 0 Å². The van der Waals surface area contributed by atoms with Crippen molar-refractivity contribution in [1.82, 2.24) is 0 Å². The van der Waals surface area contributed by atoms with Gasteiger partial charge in [0.05, 0.1) is 0 Å². The Morgan fingerprint density at radius 3 is 2.48 bits per heavy atom. The highest BCUT2D eigenvalue weighted by atomic mass is 16.4. The molecule has 0 spiro atoms. The molecule has 4 N–H and O–H groups in total. The Morgan fingerprint density at radius 1 is 1.26 bits per heavy atom. The molecule has 27 heavy (non-hydrogen) atoms. The second kappa shape index (κ2) is 8.29. The number of aliphatic carboxylic acids is 1. The van der Waals surface area contributed by atoms with Gasteiger partial charge in [-0.1, -0.05) is 23.8 Å². The minimum atomic E-state index is -1.30. The average molecular weight is 374 g/mol. The Balaban J connectivity index is 2.55. The maximum Gasteiger partial charge on any atom is 0.339 e. The molecular weight excluding hydrogens is 348 g/mol. The Hall–Kier alpha value is -2.76. The van der Waals surface area contributed by atoms with Gasteiger partial charge in [0, 0.05) is 17.9 Å². The molecule has 6 heteroatoms. The number of hydrogen-bond acceptors (Lipinski definition) is 4.